The van der Waals surface area contributed by atoms with Gasteiger partial charge in [0.15, 0.2) is 0 Å². The fourth-order valence-electron chi connectivity index (χ4n) is 5.79. The van der Waals surface area contributed by atoms with Gasteiger partial charge in [-0.3, -0.25) is 19.3 Å². The van der Waals surface area contributed by atoms with Crippen LogP contribution in [-0.4, -0.2) is 45.6 Å². The molecule has 0 radical (unpaired) electrons. The second-order valence-corrected chi connectivity index (χ2v) is 9.28. The minimum absolute atomic E-state index is 0.0918. The van der Waals surface area contributed by atoms with Crippen molar-refractivity contribution in [3.63, 3.8) is 0 Å². The summed E-state index contributed by atoms with van der Waals surface area (Å²) in [5.74, 6) is -0.509. The number of rotatable bonds is 2. The maximum absolute atomic E-state index is 13.6. The third-order valence-electron chi connectivity index (χ3n) is 7.42. The van der Waals surface area contributed by atoms with Gasteiger partial charge in [-0.05, 0) is 36.2 Å². The second-order valence-electron chi connectivity index (χ2n) is 9.28. The van der Waals surface area contributed by atoms with Crippen LogP contribution >= 0.6 is 0 Å². The third kappa shape index (κ3) is 2.81. The fourth-order valence-corrected chi connectivity index (χ4v) is 5.79. The van der Waals surface area contributed by atoms with E-state index in [-0.39, 0.29) is 24.3 Å². The molecule has 3 amide bonds. The number of aromatic nitrogens is 1. The number of aromatic amines is 1. The average molecular weight is 463 g/mol. The molecule has 1 aromatic heterocycles. The number of nitrogens with one attached hydrogen (secondary N) is 1. The average Bonchev–Trinajstić information content (AvgIpc) is 3.41. The molecule has 7 heteroatoms. The molecule has 7 nitrogen and oxygen atoms in total. The number of nitrogens with zero attached hydrogens (tertiary/aromatic N) is 3. The first-order valence-electron chi connectivity index (χ1n) is 11.8. The summed E-state index contributed by atoms with van der Waals surface area (Å²) in [5.41, 5.74) is 5.73. The van der Waals surface area contributed by atoms with Crippen LogP contribution in [0.5, 0.6) is 0 Å². The lowest BCUT2D eigenvalue weighted by Gasteiger charge is -2.41. The number of fused-ring (bicyclic) bond motifs is 8. The van der Waals surface area contributed by atoms with E-state index in [0.29, 0.717) is 29.9 Å². The molecule has 1 N–H and O–H groups in total. The third-order valence-corrected chi connectivity index (χ3v) is 7.42. The molecule has 3 aliphatic rings. The van der Waals surface area contributed by atoms with Gasteiger partial charge in [0.05, 0.1) is 17.8 Å². The summed E-state index contributed by atoms with van der Waals surface area (Å²) in [7, 11) is 0. The number of hydrogen-bond acceptors (Lipinski definition) is 3. The van der Waals surface area contributed by atoms with Gasteiger partial charge in [0.1, 0.15) is 12.7 Å². The van der Waals surface area contributed by atoms with Crippen molar-refractivity contribution in [1.29, 1.82) is 0 Å². The minimum Gasteiger partial charge on any atom is -0.357 e. The predicted octanol–water partition coefficient (Wildman–Crippen LogP) is 3.87. The largest absolute Gasteiger partial charge is 0.357 e. The Balaban J connectivity index is 1.23. The first-order valence-corrected chi connectivity index (χ1v) is 11.8. The summed E-state index contributed by atoms with van der Waals surface area (Å²) in [5, 5.41) is 1.20. The summed E-state index contributed by atoms with van der Waals surface area (Å²) in [6.07, 6.45) is 0.136. The lowest BCUT2D eigenvalue weighted by molar-refractivity contribution is -0.133. The number of para-hydroxylation sites is 2. The number of amides is 3. The molecule has 0 saturated carbocycles. The number of anilines is 1. The van der Waals surface area contributed by atoms with Crippen molar-refractivity contribution in [2.45, 2.75) is 19.1 Å². The summed E-state index contributed by atoms with van der Waals surface area (Å²) < 4.78 is 0. The number of carbonyl (C=O) groups excluding carboxylic acids is 3. The first-order chi connectivity index (χ1) is 17.1. The number of H-pyrrole nitrogens is 1. The van der Waals surface area contributed by atoms with Crippen LogP contribution in [0.3, 0.4) is 0 Å². The van der Waals surface area contributed by atoms with E-state index in [1.165, 1.54) is 10.9 Å². The van der Waals surface area contributed by atoms with E-state index in [4.69, 9.17) is 0 Å². The maximum Gasteiger partial charge on any atom is 0.260 e. The van der Waals surface area contributed by atoms with Gasteiger partial charge in [0.25, 0.3) is 11.8 Å². The molecule has 0 fully saturated rings. The van der Waals surface area contributed by atoms with E-state index in [1.54, 1.807) is 39.0 Å². The highest BCUT2D eigenvalue weighted by Gasteiger charge is 2.48. The molecule has 1 atom stereocenters. The molecule has 35 heavy (non-hydrogen) atoms. The van der Waals surface area contributed by atoms with E-state index in [9.17, 15) is 14.4 Å². The number of hydrogen-bond donors (Lipinski definition) is 1. The molecule has 0 unspecified atom stereocenters. The lowest BCUT2D eigenvalue weighted by Crippen LogP contribution is -2.52. The van der Waals surface area contributed by atoms with Crippen LogP contribution in [0.4, 0.5) is 5.69 Å². The van der Waals surface area contributed by atoms with Gasteiger partial charge < -0.3 is 14.8 Å². The van der Waals surface area contributed by atoms with Gasteiger partial charge in [-0.2, -0.15) is 0 Å². The summed E-state index contributed by atoms with van der Waals surface area (Å²) in [6.45, 7) is 0.979. The van der Waals surface area contributed by atoms with Crippen LogP contribution in [0, 0.1) is 0 Å². The van der Waals surface area contributed by atoms with Crippen molar-refractivity contribution in [2.75, 3.05) is 18.0 Å². The van der Waals surface area contributed by atoms with Crippen molar-refractivity contribution in [2.24, 2.45) is 0 Å². The molecule has 0 aliphatic carbocycles. The Morgan fingerprint density at radius 1 is 0.886 bits per heavy atom. The second kappa shape index (κ2) is 7.30. The molecule has 0 spiro atoms. The van der Waals surface area contributed by atoms with Crippen LogP contribution in [-0.2, 0) is 17.8 Å². The van der Waals surface area contributed by atoms with Gasteiger partial charge in [-0.1, -0.05) is 48.5 Å². The van der Waals surface area contributed by atoms with Crippen LogP contribution in [0.25, 0.3) is 10.9 Å². The van der Waals surface area contributed by atoms with Gasteiger partial charge in [-0.25, -0.2) is 0 Å². The molecule has 4 heterocycles. The van der Waals surface area contributed by atoms with Crippen LogP contribution < -0.4 is 4.90 Å². The van der Waals surface area contributed by atoms with E-state index in [1.807, 2.05) is 42.5 Å². The monoisotopic (exact) mass is 462 g/mol. The van der Waals surface area contributed by atoms with E-state index in [0.717, 1.165) is 23.2 Å². The molecule has 0 bridgehead atoms. The highest BCUT2D eigenvalue weighted by atomic mass is 16.2. The quantitative estimate of drug-likeness (QED) is 0.491. The van der Waals surface area contributed by atoms with Crippen molar-refractivity contribution in [1.82, 2.24) is 14.8 Å². The van der Waals surface area contributed by atoms with Crippen molar-refractivity contribution in [3.8, 4) is 0 Å². The summed E-state index contributed by atoms with van der Waals surface area (Å²) >= 11 is 0. The number of carbonyl (C=O) groups is 3. The zero-order valence-corrected chi connectivity index (χ0v) is 18.9. The molecule has 7 rings (SSSR count). The Hall–Kier alpha value is -4.39. The Morgan fingerprint density at radius 3 is 2.51 bits per heavy atom. The molecular weight excluding hydrogens is 440 g/mol. The highest BCUT2D eigenvalue weighted by Crippen LogP contribution is 2.45. The van der Waals surface area contributed by atoms with Crippen LogP contribution in [0.15, 0.2) is 72.8 Å². The lowest BCUT2D eigenvalue weighted by atomic mass is 10.0. The highest BCUT2D eigenvalue weighted by molar-refractivity contribution is 6.17. The fraction of sp³-hybridized carbons (Fsp3) is 0.179. The topological polar surface area (TPSA) is 76.7 Å². The Morgan fingerprint density at radius 2 is 1.63 bits per heavy atom. The first kappa shape index (κ1) is 20.0. The Labute approximate surface area is 201 Å². The zero-order chi connectivity index (χ0) is 23.7. The molecule has 0 saturated heterocycles. The minimum atomic E-state index is -0.626. The molecule has 3 aliphatic heterocycles. The maximum atomic E-state index is 13.6. The molecule has 4 aromatic rings. The van der Waals surface area contributed by atoms with Gasteiger partial charge in [0, 0.05) is 34.3 Å². The molecule has 3 aromatic carbocycles. The smallest absolute Gasteiger partial charge is 0.260 e. The standard InChI is InChI=1S/C28H22N4O3/c33-25(30-14-13-18-17-7-3-5-11-22(17)29-23(18)15-30)16-31-26-19-8-1-2-9-20(19)28(35)32(26)24-12-6-4-10-21(24)27(31)34/h1-12,26,29H,13-16H2/t26-/m0/s1. The summed E-state index contributed by atoms with van der Waals surface area (Å²) in [6, 6.07) is 22.6. The normalized spacial score (nSPS) is 18.4. The Bertz CT molecular complexity index is 1550. The SMILES string of the molecule is O=C(CN1C(=O)c2ccccc2N2C(=O)c3ccccc3[C@@H]12)N1CCc2c([nH]c3ccccc23)C1. The Kier molecular flexibility index (Phi) is 4.18. The van der Waals surface area contributed by atoms with E-state index >= 15 is 0 Å². The van der Waals surface area contributed by atoms with E-state index < -0.39 is 6.17 Å². The number of benzene rings is 3. The molecule has 172 valence electrons. The van der Waals surface area contributed by atoms with E-state index in [2.05, 4.69) is 11.1 Å². The van der Waals surface area contributed by atoms with Crippen molar-refractivity contribution >= 4 is 34.3 Å². The van der Waals surface area contributed by atoms with Crippen LogP contribution in [0.1, 0.15) is 43.7 Å². The van der Waals surface area contributed by atoms with Crippen LogP contribution in [0.2, 0.25) is 0 Å². The zero-order valence-electron chi connectivity index (χ0n) is 18.9. The summed E-state index contributed by atoms with van der Waals surface area (Å²) in [4.78, 5) is 49.0. The van der Waals surface area contributed by atoms with Gasteiger partial charge >= 0.3 is 0 Å². The van der Waals surface area contributed by atoms with Gasteiger partial charge in [0.2, 0.25) is 5.91 Å². The predicted molar refractivity (Wildman–Crippen MR) is 131 cm³/mol. The molecular formula is C28H22N4O3. The van der Waals surface area contributed by atoms with Crippen molar-refractivity contribution in [3.05, 3.63) is 101 Å². The van der Waals surface area contributed by atoms with Crippen molar-refractivity contribution < 1.29 is 14.4 Å². The van der Waals surface area contributed by atoms with Gasteiger partial charge in [-0.15, -0.1) is 0 Å².